The van der Waals surface area contributed by atoms with Crippen molar-refractivity contribution < 1.29 is 18.7 Å². The first-order chi connectivity index (χ1) is 14.0. The number of anilines is 2. The van der Waals surface area contributed by atoms with Crippen molar-refractivity contribution in [1.82, 2.24) is 0 Å². The predicted molar refractivity (Wildman–Crippen MR) is 109 cm³/mol. The lowest BCUT2D eigenvalue weighted by Crippen LogP contribution is -2.38. The highest BCUT2D eigenvalue weighted by molar-refractivity contribution is 6.05. The third kappa shape index (κ3) is 3.96. The Bertz CT molecular complexity index is 1080. The number of nitrogens with zero attached hydrogens (tertiary/aromatic N) is 1. The zero-order valence-electron chi connectivity index (χ0n) is 15.8. The van der Waals surface area contributed by atoms with E-state index in [1.54, 1.807) is 29.2 Å². The molecular formula is C23H19FN2O3. The number of amides is 2. The maximum absolute atomic E-state index is 13.9. The Hall–Kier alpha value is -3.67. The van der Waals surface area contributed by atoms with Crippen LogP contribution in [0, 0.1) is 12.7 Å². The number of hydrogen-bond acceptors (Lipinski definition) is 3. The molecule has 0 radical (unpaired) electrons. The molecule has 5 nitrogen and oxygen atoms in total. The van der Waals surface area contributed by atoms with Crippen molar-refractivity contribution in [1.29, 1.82) is 0 Å². The van der Waals surface area contributed by atoms with Crippen molar-refractivity contribution in [2.75, 3.05) is 16.8 Å². The van der Waals surface area contributed by atoms with Gasteiger partial charge in [0.05, 0.1) is 17.8 Å². The minimum atomic E-state index is -0.595. The van der Waals surface area contributed by atoms with Crippen LogP contribution >= 0.6 is 0 Å². The third-order valence-corrected chi connectivity index (χ3v) is 4.74. The molecule has 0 saturated heterocycles. The number of carbonyl (C=O) groups is 2. The Morgan fingerprint density at radius 2 is 1.86 bits per heavy atom. The molecule has 6 heteroatoms. The minimum Gasteiger partial charge on any atom is -0.482 e. The number of carbonyl (C=O) groups excluding carboxylic acids is 2. The van der Waals surface area contributed by atoms with Gasteiger partial charge in [0.25, 0.3) is 11.8 Å². The summed E-state index contributed by atoms with van der Waals surface area (Å²) in [6.07, 6.45) is 0. The molecule has 1 heterocycles. The Morgan fingerprint density at radius 1 is 1.10 bits per heavy atom. The predicted octanol–water partition coefficient (Wildman–Crippen LogP) is 4.31. The van der Waals surface area contributed by atoms with Crippen LogP contribution in [0.15, 0.2) is 66.7 Å². The number of ether oxygens (including phenoxy) is 1. The van der Waals surface area contributed by atoms with Gasteiger partial charge in [0.1, 0.15) is 11.6 Å². The zero-order chi connectivity index (χ0) is 20.4. The lowest BCUT2D eigenvalue weighted by molar-refractivity contribution is -0.121. The SMILES string of the molecule is Cc1ccc(CN2C(=O)COc3ccc(NC(=O)c4ccccc4F)cc32)cc1. The molecule has 0 aliphatic carbocycles. The van der Waals surface area contributed by atoms with Gasteiger partial charge in [-0.2, -0.15) is 0 Å². The summed E-state index contributed by atoms with van der Waals surface area (Å²) in [6.45, 7) is 2.35. The van der Waals surface area contributed by atoms with Crippen LogP contribution in [0.2, 0.25) is 0 Å². The van der Waals surface area contributed by atoms with Gasteiger partial charge in [0.2, 0.25) is 0 Å². The fourth-order valence-electron chi connectivity index (χ4n) is 3.17. The van der Waals surface area contributed by atoms with Crippen LogP contribution in [0.3, 0.4) is 0 Å². The summed E-state index contributed by atoms with van der Waals surface area (Å²) >= 11 is 0. The van der Waals surface area contributed by atoms with E-state index < -0.39 is 11.7 Å². The van der Waals surface area contributed by atoms with E-state index in [1.165, 1.54) is 18.2 Å². The molecule has 0 bridgehead atoms. The summed E-state index contributed by atoms with van der Waals surface area (Å²) in [5.74, 6) is -0.769. The molecule has 146 valence electrons. The summed E-state index contributed by atoms with van der Waals surface area (Å²) in [7, 11) is 0. The molecule has 2 amide bonds. The van der Waals surface area contributed by atoms with E-state index in [0.29, 0.717) is 23.7 Å². The van der Waals surface area contributed by atoms with E-state index in [2.05, 4.69) is 5.32 Å². The van der Waals surface area contributed by atoms with Gasteiger partial charge < -0.3 is 15.0 Å². The molecular weight excluding hydrogens is 371 g/mol. The van der Waals surface area contributed by atoms with Crippen LogP contribution < -0.4 is 15.0 Å². The van der Waals surface area contributed by atoms with Gasteiger partial charge in [-0.25, -0.2) is 4.39 Å². The maximum Gasteiger partial charge on any atom is 0.265 e. The summed E-state index contributed by atoms with van der Waals surface area (Å²) in [5, 5.41) is 2.68. The van der Waals surface area contributed by atoms with Gasteiger partial charge in [-0.05, 0) is 42.8 Å². The number of aryl methyl sites for hydroxylation is 1. The topological polar surface area (TPSA) is 58.6 Å². The second-order valence-electron chi connectivity index (χ2n) is 6.87. The zero-order valence-corrected chi connectivity index (χ0v) is 15.8. The Kier molecular flexibility index (Phi) is 4.99. The molecule has 0 fully saturated rings. The second-order valence-corrected chi connectivity index (χ2v) is 6.87. The molecule has 0 spiro atoms. The molecule has 0 saturated carbocycles. The number of rotatable bonds is 4. The van der Waals surface area contributed by atoms with Crippen LogP contribution in [-0.2, 0) is 11.3 Å². The molecule has 1 aliphatic rings. The fraction of sp³-hybridized carbons (Fsp3) is 0.130. The molecule has 4 rings (SSSR count). The summed E-state index contributed by atoms with van der Waals surface area (Å²) in [5.41, 5.74) is 3.09. The monoisotopic (exact) mass is 390 g/mol. The molecule has 1 aliphatic heterocycles. The van der Waals surface area contributed by atoms with Gasteiger partial charge >= 0.3 is 0 Å². The molecule has 3 aromatic rings. The minimum absolute atomic E-state index is 0.0419. The van der Waals surface area contributed by atoms with E-state index in [9.17, 15) is 14.0 Å². The molecule has 0 atom stereocenters. The molecule has 0 unspecified atom stereocenters. The smallest absolute Gasteiger partial charge is 0.265 e. The number of benzene rings is 3. The normalized spacial score (nSPS) is 12.9. The first-order valence-electron chi connectivity index (χ1n) is 9.20. The molecule has 0 aromatic heterocycles. The largest absolute Gasteiger partial charge is 0.482 e. The standard InChI is InChI=1S/C23H19FN2O3/c1-15-6-8-16(9-7-15)13-26-20-12-17(10-11-21(20)29-14-22(26)27)25-23(28)18-4-2-3-5-19(18)24/h2-12H,13-14H2,1H3,(H,25,28). The van der Waals surface area contributed by atoms with Crippen LogP contribution in [0.5, 0.6) is 5.75 Å². The van der Waals surface area contributed by atoms with Crippen molar-refractivity contribution in [2.45, 2.75) is 13.5 Å². The van der Waals surface area contributed by atoms with Crippen molar-refractivity contribution in [2.24, 2.45) is 0 Å². The van der Waals surface area contributed by atoms with E-state index in [1.807, 2.05) is 31.2 Å². The Morgan fingerprint density at radius 3 is 2.62 bits per heavy atom. The van der Waals surface area contributed by atoms with Crippen molar-refractivity contribution in [3.05, 3.63) is 89.2 Å². The molecule has 29 heavy (non-hydrogen) atoms. The van der Waals surface area contributed by atoms with Crippen LogP contribution in [0.1, 0.15) is 21.5 Å². The second kappa shape index (κ2) is 7.75. The highest BCUT2D eigenvalue weighted by Crippen LogP contribution is 2.35. The molecule has 3 aromatic carbocycles. The van der Waals surface area contributed by atoms with Gasteiger partial charge in [-0.15, -0.1) is 0 Å². The summed E-state index contributed by atoms with van der Waals surface area (Å²) < 4.78 is 19.4. The van der Waals surface area contributed by atoms with Crippen molar-refractivity contribution in [3.8, 4) is 5.75 Å². The quantitative estimate of drug-likeness (QED) is 0.722. The Balaban J connectivity index is 1.61. The average molecular weight is 390 g/mol. The lowest BCUT2D eigenvalue weighted by atomic mass is 10.1. The van der Waals surface area contributed by atoms with E-state index in [-0.39, 0.29) is 18.1 Å². The van der Waals surface area contributed by atoms with E-state index >= 15 is 0 Å². The number of nitrogens with one attached hydrogen (secondary N) is 1. The fourth-order valence-corrected chi connectivity index (χ4v) is 3.17. The lowest BCUT2D eigenvalue weighted by Gasteiger charge is -2.30. The summed E-state index contributed by atoms with van der Waals surface area (Å²) in [6, 6.07) is 18.7. The third-order valence-electron chi connectivity index (χ3n) is 4.74. The number of halogens is 1. The van der Waals surface area contributed by atoms with Crippen molar-refractivity contribution >= 4 is 23.2 Å². The van der Waals surface area contributed by atoms with Crippen LogP contribution in [0.25, 0.3) is 0 Å². The van der Waals surface area contributed by atoms with Crippen LogP contribution in [-0.4, -0.2) is 18.4 Å². The Labute approximate surface area is 167 Å². The summed E-state index contributed by atoms with van der Waals surface area (Å²) in [4.78, 5) is 26.5. The average Bonchev–Trinajstić information content (AvgIpc) is 2.72. The first kappa shape index (κ1) is 18.7. The highest BCUT2D eigenvalue weighted by Gasteiger charge is 2.26. The maximum atomic E-state index is 13.9. The van der Waals surface area contributed by atoms with E-state index in [4.69, 9.17) is 4.74 Å². The van der Waals surface area contributed by atoms with Crippen molar-refractivity contribution in [3.63, 3.8) is 0 Å². The van der Waals surface area contributed by atoms with Gasteiger partial charge in [0.15, 0.2) is 6.61 Å². The van der Waals surface area contributed by atoms with Gasteiger partial charge in [-0.1, -0.05) is 42.0 Å². The highest BCUT2D eigenvalue weighted by atomic mass is 19.1. The number of fused-ring (bicyclic) bond motifs is 1. The van der Waals surface area contributed by atoms with E-state index in [0.717, 1.165) is 11.1 Å². The van der Waals surface area contributed by atoms with Gasteiger partial charge in [0, 0.05) is 5.69 Å². The first-order valence-corrected chi connectivity index (χ1v) is 9.20. The van der Waals surface area contributed by atoms with Gasteiger partial charge in [-0.3, -0.25) is 9.59 Å². The van der Waals surface area contributed by atoms with Crippen LogP contribution in [0.4, 0.5) is 15.8 Å². The molecule has 1 N–H and O–H groups in total. The number of hydrogen-bond donors (Lipinski definition) is 1.